The molecule has 0 bridgehead atoms. The summed E-state index contributed by atoms with van der Waals surface area (Å²) in [5, 5.41) is 17.6. The number of unbranched alkanes of at least 4 members (excludes halogenated alkanes) is 1. The van der Waals surface area contributed by atoms with Gasteiger partial charge < -0.3 is 15.9 Å². The van der Waals surface area contributed by atoms with Crippen molar-refractivity contribution >= 4 is 0 Å². The van der Waals surface area contributed by atoms with Crippen LogP contribution in [0.1, 0.15) is 26.2 Å². The minimum Gasteiger partial charge on any atom is -0.394 e. The molecular weight excluding hydrogens is 154 g/mol. The second kappa shape index (κ2) is 6.17. The zero-order valence-corrected chi connectivity index (χ0v) is 7.66. The highest BCUT2D eigenvalue weighted by Gasteiger charge is 2.20. The Hall–Kier alpha value is -0.380. The van der Waals surface area contributed by atoms with Crippen LogP contribution in [0.3, 0.4) is 0 Å². The fourth-order valence-corrected chi connectivity index (χ4v) is 0.782. The molecule has 0 atom stereocenters. The molecule has 4 N–H and O–H groups in total. The van der Waals surface area contributed by atoms with Gasteiger partial charge in [-0.05, 0) is 12.8 Å². The smallest absolute Gasteiger partial charge is 0.0657 e. The summed E-state index contributed by atoms with van der Waals surface area (Å²) in [7, 11) is 0. The number of hydrogen-bond donors (Lipinski definition) is 3. The minimum absolute atomic E-state index is 0.181. The normalized spacial score (nSPS) is 12.7. The highest BCUT2D eigenvalue weighted by molar-refractivity contribution is 4.94. The maximum atomic E-state index is 8.82. The van der Waals surface area contributed by atoms with Crippen molar-refractivity contribution in [2.75, 3.05) is 13.2 Å². The lowest BCUT2D eigenvalue weighted by atomic mass is 9.98. The van der Waals surface area contributed by atoms with E-state index in [-0.39, 0.29) is 13.2 Å². The third-order valence-corrected chi connectivity index (χ3v) is 1.78. The molecule has 3 heteroatoms. The predicted molar refractivity (Wildman–Crippen MR) is 49.8 cm³/mol. The molecule has 0 rings (SSSR count). The highest BCUT2D eigenvalue weighted by Crippen LogP contribution is 2.06. The summed E-state index contributed by atoms with van der Waals surface area (Å²) in [6.45, 7) is 1.73. The van der Waals surface area contributed by atoms with E-state index in [1.165, 1.54) is 0 Å². The first kappa shape index (κ1) is 11.6. The second-order valence-electron chi connectivity index (χ2n) is 3.14. The average molecular weight is 173 g/mol. The molecule has 0 aromatic rings. The van der Waals surface area contributed by atoms with Crippen molar-refractivity contribution in [1.82, 2.24) is 0 Å². The van der Waals surface area contributed by atoms with Crippen molar-refractivity contribution in [3.05, 3.63) is 12.2 Å². The van der Waals surface area contributed by atoms with E-state index in [0.29, 0.717) is 6.42 Å². The summed E-state index contributed by atoms with van der Waals surface area (Å²) in [5.74, 6) is 0. The van der Waals surface area contributed by atoms with E-state index in [2.05, 4.69) is 6.92 Å². The van der Waals surface area contributed by atoms with Gasteiger partial charge >= 0.3 is 0 Å². The number of allylic oxidation sites excluding steroid dienone is 1. The van der Waals surface area contributed by atoms with Gasteiger partial charge in [-0.2, -0.15) is 0 Å². The summed E-state index contributed by atoms with van der Waals surface area (Å²) >= 11 is 0. The molecule has 0 unspecified atom stereocenters. The van der Waals surface area contributed by atoms with Crippen LogP contribution in [0.25, 0.3) is 0 Å². The Bertz CT molecular complexity index is 130. The summed E-state index contributed by atoms with van der Waals surface area (Å²) in [5.41, 5.74) is 4.78. The zero-order valence-electron chi connectivity index (χ0n) is 7.66. The lowest BCUT2D eigenvalue weighted by Crippen LogP contribution is -2.46. The van der Waals surface area contributed by atoms with Crippen LogP contribution in [0.2, 0.25) is 0 Å². The fourth-order valence-electron chi connectivity index (χ4n) is 0.782. The van der Waals surface area contributed by atoms with Crippen molar-refractivity contribution in [2.45, 2.75) is 31.7 Å². The van der Waals surface area contributed by atoms with E-state index in [0.717, 1.165) is 12.8 Å². The molecule has 0 radical (unpaired) electrons. The molecule has 0 saturated carbocycles. The van der Waals surface area contributed by atoms with Crippen LogP contribution in [0.5, 0.6) is 0 Å². The first-order valence-corrected chi connectivity index (χ1v) is 4.34. The summed E-state index contributed by atoms with van der Waals surface area (Å²) < 4.78 is 0. The van der Waals surface area contributed by atoms with Crippen LogP contribution in [0.4, 0.5) is 0 Å². The molecule has 0 aliphatic heterocycles. The topological polar surface area (TPSA) is 66.5 Å². The molecule has 12 heavy (non-hydrogen) atoms. The Labute approximate surface area is 73.9 Å². The molecule has 3 nitrogen and oxygen atoms in total. The zero-order chi connectivity index (χ0) is 9.45. The monoisotopic (exact) mass is 173 g/mol. The van der Waals surface area contributed by atoms with E-state index in [9.17, 15) is 0 Å². The van der Waals surface area contributed by atoms with Crippen molar-refractivity contribution in [3.8, 4) is 0 Å². The number of hydrogen-bond acceptors (Lipinski definition) is 3. The van der Waals surface area contributed by atoms with Crippen LogP contribution in [-0.2, 0) is 0 Å². The van der Waals surface area contributed by atoms with Gasteiger partial charge in [-0.1, -0.05) is 25.5 Å². The first-order valence-electron chi connectivity index (χ1n) is 4.34. The number of nitrogens with two attached hydrogens (primary N) is 1. The number of aliphatic hydroxyl groups is 2. The van der Waals surface area contributed by atoms with Gasteiger partial charge in [0.1, 0.15) is 0 Å². The maximum Gasteiger partial charge on any atom is 0.0657 e. The van der Waals surface area contributed by atoms with Crippen molar-refractivity contribution in [2.24, 2.45) is 5.73 Å². The maximum absolute atomic E-state index is 8.82. The molecule has 72 valence electrons. The Morgan fingerprint density at radius 2 is 1.83 bits per heavy atom. The molecule has 0 aliphatic carbocycles. The second-order valence-corrected chi connectivity index (χ2v) is 3.14. The Morgan fingerprint density at radius 1 is 1.25 bits per heavy atom. The van der Waals surface area contributed by atoms with Gasteiger partial charge in [-0.25, -0.2) is 0 Å². The Balaban J connectivity index is 3.72. The van der Waals surface area contributed by atoms with Gasteiger partial charge in [0.05, 0.1) is 18.8 Å². The molecule has 0 saturated heterocycles. The lowest BCUT2D eigenvalue weighted by molar-refractivity contribution is 0.123. The lowest BCUT2D eigenvalue weighted by Gasteiger charge is -2.22. The standard InChI is InChI=1S/C9H19NO2/c1-2-3-4-5-6-9(10,7-11)8-12/h4-5,11-12H,2-3,6-8,10H2,1H3. The molecule has 0 aromatic heterocycles. The third-order valence-electron chi connectivity index (χ3n) is 1.78. The molecule has 0 spiro atoms. The first-order chi connectivity index (χ1) is 5.68. The third kappa shape index (κ3) is 4.49. The van der Waals surface area contributed by atoms with Gasteiger partial charge in [0.2, 0.25) is 0 Å². The van der Waals surface area contributed by atoms with Crippen molar-refractivity contribution in [3.63, 3.8) is 0 Å². The number of rotatable bonds is 6. The largest absolute Gasteiger partial charge is 0.394 e. The van der Waals surface area contributed by atoms with Crippen molar-refractivity contribution < 1.29 is 10.2 Å². The van der Waals surface area contributed by atoms with Gasteiger partial charge in [0.15, 0.2) is 0 Å². The van der Waals surface area contributed by atoms with E-state index in [1.807, 2.05) is 12.2 Å². The fraction of sp³-hybridized carbons (Fsp3) is 0.778. The van der Waals surface area contributed by atoms with Crippen LogP contribution in [-0.4, -0.2) is 29.0 Å². The SMILES string of the molecule is CCCC=CCC(N)(CO)CO. The Morgan fingerprint density at radius 3 is 2.25 bits per heavy atom. The molecule has 0 amide bonds. The van der Waals surface area contributed by atoms with Gasteiger partial charge in [-0.15, -0.1) is 0 Å². The van der Waals surface area contributed by atoms with E-state index in [1.54, 1.807) is 0 Å². The quantitative estimate of drug-likeness (QED) is 0.510. The van der Waals surface area contributed by atoms with Crippen LogP contribution in [0.15, 0.2) is 12.2 Å². The predicted octanol–water partition coefficient (Wildman–Crippen LogP) is 0.415. The minimum atomic E-state index is -0.843. The summed E-state index contributed by atoms with van der Waals surface area (Å²) in [4.78, 5) is 0. The highest BCUT2D eigenvalue weighted by atomic mass is 16.3. The molecule has 0 heterocycles. The molecule has 0 aliphatic rings. The summed E-state index contributed by atoms with van der Waals surface area (Å²) in [6, 6.07) is 0. The van der Waals surface area contributed by atoms with Gasteiger partial charge in [0.25, 0.3) is 0 Å². The van der Waals surface area contributed by atoms with Gasteiger partial charge in [-0.3, -0.25) is 0 Å². The molecule has 0 aromatic carbocycles. The summed E-state index contributed by atoms with van der Waals surface area (Å²) in [6.07, 6.45) is 6.59. The van der Waals surface area contributed by atoms with E-state index in [4.69, 9.17) is 15.9 Å². The van der Waals surface area contributed by atoms with E-state index < -0.39 is 5.54 Å². The van der Waals surface area contributed by atoms with Crippen LogP contribution in [0, 0.1) is 0 Å². The average Bonchev–Trinajstić information content (AvgIpc) is 2.12. The van der Waals surface area contributed by atoms with Crippen LogP contribution >= 0.6 is 0 Å². The molecular formula is C9H19NO2. The number of aliphatic hydroxyl groups excluding tert-OH is 2. The van der Waals surface area contributed by atoms with Gasteiger partial charge in [0, 0.05) is 0 Å². The molecule has 0 fully saturated rings. The van der Waals surface area contributed by atoms with E-state index >= 15 is 0 Å². The van der Waals surface area contributed by atoms with Crippen LogP contribution < -0.4 is 5.73 Å². The van der Waals surface area contributed by atoms with Crippen molar-refractivity contribution in [1.29, 1.82) is 0 Å². The Kier molecular flexibility index (Phi) is 5.98.